The Morgan fingerprint density at radius 3 is 1.40 bits per heavy atom. The van der Waals surface area contributed by atoms with E-state index in [9.17, 15) is 27.2 Å². The summed E-state index contributed by atoms with van der Waals surface area (Å²) >= 11 is 0. The van der Waals surface area contributed by atoms with Gasteiger partial charge in [-0.15, -0.1) is 0 Å². The third-order valence-electron chi connectivity index (χ3n) is 13.2. The maximum Gasteiger partial charge on any atom is 0.311 e. The van der Waals surface area contributed by atoms with Gasteiger partial charge in [0.05, 0.1) is 61.6 Å². The molecule has 6 saturated carbocycles. The second kappa shape index (κ2) is 17.2. The number of halogens is 4. The lowest BCUT2D eigenvalue weighted by molar-refractivity contribution is -0.150. The van der Waals surface area contributed by atoms with Crippen molar-refractivity contribution in [3.63, 3.8) is 0 Å². The minimum absolute atomic E-state index is 0.00330. The van der Waals surface area contributed by atoms with Gasteiger partial charge in [-0.25, -0.2) is 47.5 Å². The molecule has 6 heterocycles. The summed E-state index contributed by atoms with van der Waals surface area (Å²) in [5.41, 5.74) is 1.31. The average Bonchev–Trinajstić information content (AvgIpc) is 3.54. The average molecular weight is 857 g/mol. The second-order valence-corrected chi connectivity index (χ2v) is 16.5. The molecule has 0 aromatic carbocycles. The fourth-order valence-corrected chi connectivity index (χ4v) is 10.3. The zero-order valence-electron chi connectivity index (χ0n) is 33.9. The zero-order chi connectivity index (χ0) is 43.1. The molecule has 62 heavy (non-hydrogen) atoms. The molecular weight excluding hydrogens is 813 g/mol. The highest BCUT2D eigenvalue weighted by Crippen LogP contribution is 2.46. The summed E-state index contributed by atoms with van der Waals surface area (Å²) in [6.45, 7) is 0. The minimum atomic E-state index is -0.624. The van der Waals surface area contributed by atoms with E-state index in [0.717, 1.165) is 89.0 Å². The maximum atomic E-state index is 14.7. The summed E-state index contributed by atoms with van der Waals surface area (Å²) < 4.78 is 66.9. The number of fused-ring (bicyclic) bond motifs is 10. The summed E-state index contributed by atoms with van der Waals surface area (Å²) in [5, 5.41) is 20.8. The third-order valence-corrected chi connectivity index (χ3v) is 13.2. The summed E-state index contributed by atoms with van der Waals surface area (Å²) in [5.74, 6) is -2.35. The highest BCUT2D eigenvalue weighted by Gasteiger charge is 2.47. The number of rotatable bonds is 8. The largest absolute Gasteiger partial charge is 0.469 e. The number of ether oxygens (including phenoxy) is 2. The van der Waals surface area contributed by atoms with E-state index in [2.05, 4.69) is 60.9 Å². The van der Waals surface area contributed by atoms with Crippen LogP contribution < -0.4 is 10.6 Å². The molecule has 0 amide bonds. The number of H-pyrrole nitrogens is 2. The first-order valence-electron chi connectivity index (χ1n) is 20.8. The van der Waals surface area contributed by atoms with Gasteiger partial charge in [0.1, 0.15) is 23.0 Å². The Kier molecular flexibility index (Phi) is 11.4. The van der Waals surface area contributed by atoms with Crippen molar-refractivity contribution in [2.24, 2.45) is 35.5 Å². The molecule has 6 aliphatic carbocycles. The van der Waals surface area contributed by atoms with Crippen LogP contribution in [-0.4, -0.2) is 88.5 Å². The first-order valence-corrected chi connectivity index (χ1v) is 20.8. The van der Waals surface area contributed by atoms with Gasteiger partial charge >= 0.3 is 11.9 Å². The number of anilines is 2. The molecule has 0 aliphatic heterocycles. The van der Waals surface area contributed by atoms with Crippen LogP contribution in [0, 0.1) is 58.8 Å². The Hall–Kier alpha value is -6.34. The van der Waals surface area contributed by atoms with E-state index in [1.807, 2.05) is 0 Å². The number of nitrogens with one attached hydrogen (secondary N) is 4. The SMILES string of the molecule is COC(=O)[C@@H]1C2CCCC(CC2)[C@H]1Nc1nc(-c2[nH]nc3ncc(F)cc23)ncc1F.COC(=O)[C@H]1C2CCCC(CC2)[C@@H]1Nc1nc(-c2[nH]nc3ncc(F)cc23)ncc1F. The molecule has 0 radical (unpaired) electrons. The summed E-state index contributed by atoms with van der Waals surface area (Å²) in [4.78, 5) is 49.8. The first-order chi connectivity index (χ1) is 30.1. The monoisotopic (exact) mass is 856 g/mol. The van der Waals surface area contributed by atoms with E-state index in [4.69, 9.17) is 9.47 Å². The first kappa shape index (κ1) is 41.0. The molecule has 0 spiro atoms. The number of methoxy groups -OCH3 is 2. The molecule has 0 saturated heterocycles. The Morgan fingerprint density at radius 2 is 0.984 bits per heavy atom. The topological polar surface area (TPSA) is 211 Å². The predicted octanol–water partition coefficient (Wildman–Crippen LogP) is 6.95. The van der Waals surface area contributed by atoms with E-state index in [1.165, 1.54) is 26.4 Å². The van der Waals surface area contributed by atoms with E-state index < -0.39 is 23.3 Å². The Bertz CT molecular complexity index is 2440. The van der Waals surface area contributed by atoms with Crippen molar-refractivity contribution in [1.29, 1.82) is 0 Å². The van der Waals surface area contributed by atoms with Gasteiger partial charge in [0.15, 0.2) is 46.2 Å². The molecule has 6 aromatic rings. The number of hydrogen-bond acceptors (Lipinski definition) is 14. The molecule has 4 bridgehead atoms. The van der Waals surface area contributed by atoms with Crippen molar-refractivity contribution < 1.29 is 36.6 Å². The fourth-order valence-electron chi connectivity index (χ4n) is 10.3. The van der Waals surface area contributed by atoms with E-state index >= 15 is 0 Å². The van der Waals surface area contributed by atoms with Gasteiger partial charge in [0.2, 0.25) is 0 Å². The normalized spacial score (nSPS) is 25.4. The Balaban J connectivity index is 0.000000158. The van der Waals surface area contributed by atoms with Crippen molar-refractivity contribution in [3.8, 4) is 23.0 Å². The Labute approximate surface area is 351 Å². The number of nitrogens with zero attached hydrogens (tertiary/aromatic N) is 8. The van der Waals surface area contributed by atoms with Gasteiger partial charge in [-0.05, 0) is 87.2 Å². The zero-order valence-corrected chi connectivity index (χ0v) is 33.9. The number of carbonyl (C=O) groups is 2. The van der Waals surface area contributed by atoms with Crippen LogP contribution in [0.15, 0.2) is 36.9 Å². The fraction of sp³-hybridized carbons (Fsp3) is 0.476. The van der Waals surface area contributed by atoms with E-state index in [1.54, 1.807) is 0 Å². The van der Waals surface area contributed by atoms with Gasteiger partial charge in [0, 0.05) is 12.1 Å². The summed E-state index contributed by atoms with van der Waals surface area (Å²) in [6.07, 6.45) is 14.1. The van der Waals surface area contributed by atoms with E-state index in [-0.39, 0.29) is 82.8 Å². The van der Waals surface area contributed by atoms with Crippen molar-refractivity contribution in [1.82, 2.24) is 50.3 Å². The van der Waals surface area contributed by atoms with Crippen molar-refractivity contribution in [2.45, 2.75) is 76.3 Å². The van der Waals surface area contributed by atoms with Gasteiger partial charge in [-0.2, -0.15) is 10.2 Å². The summed E-state index contributed by atoms with van der Waals surface area (Å²) in [6, 6.07) is 2.00. The van der Waals surface area contributed by atoms with Crippen LogP contribution in [0.5, 0.6) is 0 Å². The molecule has 6 fully saturated rings. The van der Waals surface area contributed by atoms with E-state index in [0.29, 0.717) is 33.5 Å². The third kappa shape index (κ3) is 7.85. The van der Waals surface area contributed by atoms with Crippen LogP contribution in [0.2, 0.25) is 0 Å². The van der Waals surface area contributed by atoms with Gasteiger partial charge in [-0.3, -0.25) is 19.8 Å². The lowest BCUT2D eigenvalue weighted by atomic mass is 9.71. The molecule has 4 unspecified atom stereocenters. The van der Waals surface area contributed by atoms with Gasteiger partial charge < -0.3 is 20.1 Å². The number of aromatic nitrogens is 10. The molecule has 8 atom stereocenters. The maximum absolute atomic E-state index is 14.7. The van der Waals surface area contributed by atoms with Gasteiger partial charge in [-0.1, -0.05) is 12.8 Å². The van der Waals surface area contributed by atoms with Crippen molar-refractivity contribution in [2.75, 3.05) is 24.9 Å². The lowest BCUT2D eigenvalue weighted by Crippen LogP contribution is -2.47. The number of carbonyl (C=O) groups excluding carboxylic acids is 2. The summed E-state index contributed by atoms with van der Waals surface area (Å²) in [7, 11) is 2.77. The quantitative estimate of drug-likeness (QED) is 0.0902. The molecule has 16 nitrogen and oxygen atoms in total. The molecular formula is C42H44F4N12O4. The highest BCUT2D eigenvalue weighted by molar-refractivity contribution is 5.89. The van der Waals surface area contributed by atoms with Crippen molar-refractivity contribution >= 4 is 45.6 Å². The van der Waals surface area contributed by atoms with Crippen LogP contribution in [0.25, 0.3) is 45.1 Å². The van der Waals surface area contributed by atoms with Gasteiger partial charge in [0.25, 0.3) is 0 Å². The number of esters is 2. The standard InChI is InChI=1S/2C21H22F2N6O2/c2*1-31-21(30)15-10-3-2-4-11(6-5-10)16(15)26-19-14(23)9-25-20(27-19)17-13-7-12(22)8-24-18(13)29-28-17/h2*7-11,15-16H,2-6H2,1H3,(H,24,28,29)(H,25,26,27)/t2*10?,11?,15-,16-/m10/s1. The lowest BCUT2D eigenvalue weighted by Gasteiger charge is -2.39. The van der Waals surface area contributed by atoms with Crippen LogP contribution in [0.1, 0.15) is 64.2 Å². The highest BCUT2D eigenvalue weighted by atomic mass is 19.1. The predicted molar refractivity (Wildman–Crippen MR) is 216 cm³/mol. The van der Waals surface area contributed by atoms with Crippen LogP contribution in [-0.2, 0) is 19.1 Å². The van der Waals surface area contributed by atoms with Crippen molar-refractivity contribution in [3.05, 3.63) is 60.2 Å². The molecule has 324 valence electrons. The number of aromatic amines is 2. The minimum Gasteiger partial charge on any atom is -0.469 e. The number of pyridine rings is 2. The molecule has 20 heteroatoms. The van der Waals surface area contributed by atoms with Crippen LogP contribution >= 0.6 is 0 Å². The van der Waals surface area contributed by atoms with Crippen LogP contribution in [0.4, 0.5) is 29.2 Å². The molecule has 6 aromatic heterocycles. The molecule has 6 aliphatic rings. The molecule has 12 rings (SSSR count). The second-order valence-electron chi connectivity index (χ2n) is 16.5. The molecule has 4 N–H and O–H groups in total. The number of hydrogen-bond donors (Lipinski definition) is 4. The smallest absolute Gasteiger partial charge is 0.311 e. The Morgan fingerprint density at radius 1 is 0.581 bits per heavy atom. The van der Waals surface area contributed by atoms with Crippen LogP contribution in [0.3, 0.4) is 0 Å².